The van der Waals surface area contributed by atoms with E-state index >= 15 is 0 Å². The van der Waals surface area contributed by atoms with Gasteiger partial charge in [-0.15, -0.1) is 0 Å². The number of hydrogen-bond acceptors (Lipinski definition) is 3. The molecular weight excluding hydrogens is 138 g/mol. The molecule has 0 aliphatic heterocycles. The highest BCUT2D eigenvalue weighted by atomic mass is 15.0. The lowest BCUT2D eigenvalue weighted by molar-refractivity contribution is 1.14. The molecule has 0 atom stereocenters. The smallest absolute Gasteiger partial charge is 0.123 e. The minimum absolute atomic E-state index is 0.575. The Balaban J connectivity index is 2.06. The first kappa shape index (κ1) is 6.46. The molecule has 3 N–H and O–H groups in total. The third kappa shape index (κ3) is 1.61. The van der Waals surface area contributed by atoms with Crippen LogP contribution in [0.25, 0.3) is 0 Å². The van der Waals surface area contributed by atoms with Gasteiger partial charge >= 0.3 is 0 Å². The van der Waals surface area contributed by atoms with Gasteiger partial charge in [0.1, 0.15) is 5.82 Å². The van der Waals surface area contributed by atoms with Crippen molar-refractivity contribution < 1.29 is 0 Å². The molecule has 1 heterocycles. The maximum Gasteiger partial charge on any atom is 0.123 e. The zero-order chi connectivity index (χ0) is 7.68. The van der Waals surface area contributed by atoms with Crippen LogP contribution >= 0.6 is 0 Å². The largest absolute Gasteiger partial charge is 0.384 e. The lowest BCUT2D eigenvalue weighted by atomic mass is 10.4. The van der Waals surface area contributed by atoms with Crippen LogP contribution in [0.4, 0.5) is 11.5 Å². The SMILES string of the molecule is Nc1ccc(NC2CC2)cn1. The van der Waals surface area contributed by atoms with Gasteiger partial charge in [-0.2, -0.15) is 0 Å². The summed E-state index contributed by atoms with van der Waals surface area (Å²) in [5.74, 6) is 0.575. The fourth-order valence-corrected chi connectivity index (χ4v) is 0.954. The van der Waals surface area contributed by atoms with Crippen molar-refractivity contribution in [2.75, 3.05) is 11.1 Å². The summed E-state index contributed by atoms with van der Waals surface area (Å²) >= 11 is 0. The number of pyridine rings is 1. The third-order valence-corrected chi connectivity index (χ3v) is 1.73. The quantitative estimate of drug-likeness (QED) is 0.665. The summed E-state index contributed by atoms with van der Waals surface area (Å²) in [7, 11) is 0. The summed E-state index contributed by atoms with van der Waals surface area (Å²) in [6, 6.07) is 4.45. The number of nitrogen functional groups attached to an aromatic ring is 1. The topological polar surface area (TPSA) is 50.9 Å². The molecule has 0 unspecified atom stereocenters. The van der Waals surface area contributed by atoms with Crippen molar-refractivity contribution >= 4 is 11.5 Å². The first-order chi connectivity index (χ1) is 5.34. The molecule has 0 amide bonds. The Labute approximate surface area is 65.6 Å². The second-order valence-electron chi connectivity index (χ2n) is 2.89. The minimum Gasteiger partial charge on any atom is -0.384 e. The van der Waals surface area contributed by atoms with E-state index in [0.29, 0.717) is 11.9 Å². The van der Waals surface area contributed by atoms with Crippen LogP contribution in [0, 0.1) is 0 Å². The van der Waals surface area contributed by atoms with Gasteiger partial charge in [0.05, 0.1) is 11.9 Å². The van der Waals surface area contributed by atoms with Gasteiger partial charge < -0.3 is 11.1 Å². The average Bonchev–Trinajstić information content (AvgIpc) is 2.78. The van der Waals surface area contributed by atoms with E-state index in [2.05, 4.69) is 10.3 Å². The van der Waals surface area contributed by atoms with Crippen molar-refractivity contribution in [2.45, 2.75) is 18.9 Å². The van der Waals surface area contributed by atoms with Crippen LogP contribution in [-0.2, 0) is 0 Å². The predicted octanol–water partition coefficient (Wildman–Crippen LogP) is 1.24. The molecule has 1 aromatic heterocycles. The van der Waals surface area contributed by atoms with Gasteiger partial charge in [-0.25, -0.2) is 4.98 Å². The van der Waals surface area contributed by atoms with Gasteiger partial charge in [-0.05, 0) is 25.0 Å². The monoisotopic (exact) mass is 149 g/mol. The molecule has 3 heteroatoms. The highest BCUT2D eigenvalue weighted by Crippen LogP contribution is 2.24. The summed E-state index contributed by atoms with van der Waals surface area (Å²) < 4.78 is 0. The van der Waals surface area contributed by atoms with Crippen molar-refractivity contribution in [3.05, 3.63) is 18.3 Å². The Morgan fingerprint density at radius 2 is 2.27 bits per heavy atom. The lowest BCUT2D eigenvalue weighted by Gasteiger charge is -2.02. The number of anilines is 2. The summed E-state index contributed by atoms with van der Waals surface area (Å²) in [4.78, 5) is 3.98. The zero-order valence-corrected chi connectivity index (χ0v) is 6.25. The zero-order valence-electron chi connectivity index (χ0n) is 6.25. The predicted molar refractivity (Wildman–Crippen MR) is 45.3 cm³/mol. The molecule has 0 radical (unpaired) electrons. The summed E-state index contributed by atoms with van der Waals surface area (Å²) in [5, 5.41) is 3.32. The number of nitrogens with one attached hydrogen (secondary N) is 1. The van der Waals surface area contributed by atoms with Gasteiger partial charge in [0.25, 0.3) is 0 Å². The summed E-state index contributed by atoms with van der Waals surface area (Å²) in [6.45, 7) is 0. The fourth-order valence-electron chi connectivity index (χ4n) is 0.954. The molecule has 1 fully saturated rings. The van der Waals surface area contributed by atoms with E-state index in [9.17, 15) is 0 Å². The highest BCUT2D eigenvalue weighted by Gasteiger charge is 2.20. The molecule has 11 heavy (non-hydrogen) atoms. The third-order valence-electron chi connectivity index (χ3n) is 1.73. The molecule has 1 aliphatic carbocycles. The van der Waals surface area contributed by atoms with E-state index in [1.165, 1.54) is 12.8 Å². The molecule has 58 valence electrons. The van der Waals surface area contributed by atoms with Crippen LogP contribution in [0.2, 0.25) is 0 Å². The maximum atomic E-state index is 5.43. The van der Waals surface area contributed by atoms with Crippen LogP contribution in [-0.4, -0.2) is 11.0 Å². The maximum absolute atomic E-state index is 5.43. The average molecular weight is 149 g/mol. The summed E-state index contributed by atoms with van der Waals surface area (Å²) in [5.41, 5.74) is 6.51. The van der Waals surface area contributed by atoms with E-state index in [-0.39, 0.29) is 0 Å². The molecule has 1 saturated carbocycles. The molecular formula is C8H11N3. The molecule has 0 bridgehead atoms. The first-order valence-corrected chi connectivity index (χ1v) is 3.83. The Bertz CT molecular complexity index is 238. The molecule has 2 rings (SSSR count). The van der Waals surface area contributed by atoms with E-state index in [1.807, 2.05) is 12.1 Å². The lowest BCUT2D eigenvalue weighted by Crippen LogP contribution is -2.01. The second kappa shape index (κ2) is 2.42. The Morgan fingerprint density at radius 1 is 1.45 bits per heavy atom. The van der Waals surface area contributed by atoms with Gasteiger partial charge in [0, 0.05) is 6.04 Å². The summed E-state index contributed by atoms with van der Waals surface area (Å²) in [6.07, 6.45) is 4.34. The number of nitrogens with two attached hydrogens (primary N) is 1. The van der Waals surface area contributed by atoms with Crippen LogP contribution in [0.15, 0.2) is 18.3 Å². The van der Waals surface area contributed by atoms with Gasteiger partial charge in [0.2, 0.25) is 0 Å². The molecule has 3 nitrogen and oxygen atoms in total. The van der Waals surface area contributed by atoms with Crippen molar-refractivity contribution in [3.63, 3.8) is 0 Å². The van der Waals surface area contributed by atoms with Crippen molar-refractivity contribution in [3.8, 4) is 0 Å². The van der Waals surface area contributed by atoms with Crippen LogP contribution in [0.3, 0.4) is 0 Å². The van der Waals surface area contributed by atoms with Gasteiger partial charge in [-0.1, -0.05) is 0 Å². The number of rotatable bonds is 2. The Morgan fingerprint density at radius 3 is 2.82 bits per heavy atom. The van der Waals surface area contributed by atoms with Crippen molar-refractivity contribution in [1.82, 2.24) is 4.98 Å². The Hall–Kier alpha value is -1.25. The number of nitrogens with zero attached hydrogens (tertiary/aromatic N) is 1. The second-order valence-corrected chi connectivity index (χ2v) is 2.89. The molecule has 1 aromatic rings. The molecule has 1 aliphatic rings. The van der Waals surface area contributed by atoms with Crippen LogP contribution in [0.1, 0.15) is 12.8 Å². The van der Waals surface area contributed by atoms with E-state index in [1.54, 1.807) is 6.20 Å². The highest BCUT2D eigenvalue weighted by molar-refractivity contribution is 5.46. The standard InChI is InChI=1S/C8H11N3/c9-8-4-3-7(5-10-8)11-6-1-2-6/h3-6,11H,1-2H2,(H2,9,10). The molecule has 0 spiro atoms. The van der Waals surface area contributed by atoms with Crippen LogP contribution in [0.5, 0.6) is 0 Å². The van der Waals surface area contributed by atoms with Crippen LogP contribution < -0.4 is 11.1 Å². The van der Waals surface area contributed by atoms with E-state index < -0.39 is 0 Å². The number of hydrogen-bond donors (Lipinski definition) is 2. The fraction of sp³-hybridized carbons (Fsp3) is 0.375. The van der Waals surface area contributed by atoms with E-state index in [4.69, 9.17) is 5.73 Å². The van der Waals surface area contributed by atoms with Gasteiger partial charge in [-0.3, -0.25) is 0 Å². The van der Waals surface area contributed by atoms with Gasteiger partial charge in [0.15, 0.2) is 0 Å². The normalized spacial score (nSPS) is 16.4. The minimum atomic E-state index is 0.575. The molecule has 0 aromatic carbocycles. The van der Waals surface area contributed by atoms with Crippen molar-refractivity contribution in [2.24, 2.45) is 0 Å². The first-order valence-electron chi connectivity index (χ1n) is 3.83. The Kier molecular flexibility index (Phi) is 1.42. The number of aromatic nitrogens is 1. The molecule has 0 saturated heterocycles. The van der Waals surface area contributed by atoms with Crippen molar-refractivity contribution in [1.29, 1.82) is 0 Å². The van der Waals surface area contributed by atoms with E-state index in [0.717, 1.165) is 5.69 Å².